The lowest BCUT2D eigenvalue weighted by molar-refractivity contribution is -0.384. The maximum absolute atomic E-state index is 12.8. The molecule has 212 valence electrons. The van der Waals surface area contributed by atoms with E-state index in [0.29, 0.717) is 25.2 Å². The number of rotatable bonds is 8. The van der Waals surface area contributed by atoms with Gasteiger partial charge in [0, 0.05) is 44.0 Å². The molecule has 0 fully saturated rings. The maximum Gasteiger partial charge on any atom is 0.345 e. The van der Waals surface area contributed by atoms with E-state index in [2.05, 4.69) is 47.7 Å². The first kappa shape index (κ1) is 30.8. The minimum Gasteiger partial charge on any atom is -0.421 e. The fraction of sp³-hybridized carbons (Fsp3) is 0. The number of nitrogens with zero attached hydrogens (tertiary/aromatic N) is 2. The van der Waals surface area contributed by atoms with Crippen LogP contribution in [0.4, 0.5) is 11.4 Å². The van der Waals surface area contributed by atoms with E-state index < -0.39 is 22.7 Å². The summed E-state index contributed by atoms with van der Waals surface area (Å²) in [7, 11) is 0. The number of amides is 2. The average molecular weight is 735 g/mol. The molecule has 2 amide bonds. The summed E-state index contributed by atoms with van der Waals surface area (Å²) in [6.45, 7) is 0. The number of nitro benzene ring substituents is 1. The Morgan fingerprint density at radius 2 is 1.64 bits per heavy atom. The molecule has 0 spiro atoms. The van der Waals surface area contributed by atoms with Crippen LogP contribution in [0.2, 0.25) is 10.0 Å². The number of carbonyl (C=O) groups excluding carboxylic acids is 3. The normalized spacial score (nSPS) is 10.8. The lowest BCUT2D eigenvalue weighted by atomic mass is 10.1. The van der Waals surface area contributed by atoms with E-state index in [0.717, 1.165) is 0 Å². The molecule has 4 aromatic rings. The molecule has 2 N–H and O–H groups in total. The fourth-order valence-electron chi connectivity index (χ4n) is 3.49. The van der Waals surface area contributed by atoms with Crippen molar-refractivity contribution in [3.05, 3.63) is 130 Å². The van der Waals surface area contributed by atoms with Crippen LogP contribution in [0.1, 0.15) is 36.6 Å². The van der Waals surface area contributed by atoms with Gasteiger partial charge in [-0.1, -0.05) is 45.2 Å². The van der Waals surface area contributed by atoms with Gasteiger partial charge in [0.05, 0.1) is 26.2 Å². The van der Waals surface area contributed by atoms with Gasteiger partial charge in [-0.05, 0) is 76.6 Å². The Morgan fingerprint density at radius 1 is 0.905 bits per heavy atom. The van der Waals surface area contributed by atoms with E-state index >= 15 is 0 Å². The smallest absolute Gasteiger partial charge is 0.345 e. The van der Waals surface area contributed by atoms with Crippen LogP contribution in [0.25, 0.3) is 0 Å². The number of anilines is 1. The quantitative estimate of drug-likeness (QED) is 0.0627. The monoisotopic (exact) mass is 732 g/mol. The number of hydrogen-bond donors (Lipinski definition) is 2. The Bertz CT molecular complexity index is 1750. The van der Waals surface area contributed by atoms with Gasteiger partial charge < -0.3 is 10.1 Å². The first-order valence-corrected chi connectivity index (χ1v) is 14.0. The largest absolute Gasteiger partial charge is 0.421 e. The first-order chi connectivity index (χ1) is 20.0. The van der Waals surface area contributed by atoms with E-state index in [1.807, 2.05) is 0 Å². The van der Waals surface area contributed by atoms with Crippen molar-refractivity contribution >= 4 is 90.4 Å². The molecule has 0 aliphatic rings. The number of benzene rings is 4. The minimum absolute atomic E-state index is 0.104. The van der Waals surface area contributed by atoms with Crippen molar-refractivity contribution in [3.63, 3.8) is 0 Å². The predicted molar refractivity (Wildman–Crippen MR) is 166 cm³/mol. The summed E-state index contributed by atoms with van der Waals surface area (Å²) in [6, 6.07) is 18.9. The molecule has 0 aliphatic heterocycles. The van der Waals surface area contributed by atoms with Gasteiger partial charge in [-0.3, -0.25) is 19.7 Å². The number of hydrazone groups is 1. The summed E-state index contributed by atoms with van der Waals surface area (Å²) in [5.41, 5.74) is 3.41. The minimum atomic E-state index is -0.731. The zero-order valence-corrected chi connectivity index (χ0v) is 25.6. The first-order valence-electron chi connectivity index (χ1n) is 11.7. The SMILES string of the molecule is O=C(NN=Cc1cc(Br)cc(Br)c1OC(=O)c1ccc(Cl)cc1Cl)c1cccc(NC(=O)c2ccc([N+](=O)[O-])cc2)c1. The zero-order chi connectivity index (χ0) is 30.4. The van der Waals surface area contributed by atoms with Gasteiger partial charge in [0.15, 0.2) is 5.75 Å². The third-order valence-electron chi connectivity index (χ3n) is 5.48. The van der Waals surface area contributed by atoms with Gasteiger partial charge in [-0.25, -0.2) is 10.2 Å². The summed E-state index contributed by atoms with van der Waals surface area (Å²) in [4.78, 5) is 48.3. The molecule has 4 rings (SSSR count). The van der Waals surface area contributed by atoms with Crippen LogP contribution in [-0.2, 0) is 0 Å². The summed E-state index contributed by atoms with van der Waals surface area (Å²) < 4.78 is 6.65. The third kappa shape index (κ3) is 7.79. The fourth-order valence-corrected chi connectivity index (χ4v) is 5.31. The van der Waals surface area contributed by atoms with Gasteiger partial charge in [0.25, 0.3) is 17.5 Å². The zero-order valence-electron chi connectivity index (χ0n) is 20.9. The predicted octanol–water partition coefficient (Wildman–Crippen LogP) is 7.66. The summed E-state index contributed by atoms with van der Waals surface area (Å²) in [5.74, 6) is -1.70. The molecule has 0 aliphatic carbocycles. The Balaban J connectivity index is 1.46. The van der Waals surface area contributed by atoms with Gasteiger partial charge in [-0.2, -0.15) is 5.10 Å². The van der Waals surface area contributed by atoms with Crippen molar-refractivity contribution in [3.8, 4) is 5.75 Å². The molecule has 0 saturated heterocycles. The molecule has 0 unspecified atom stereocenters. The van der Waals surface area contributed by atoms with Gasteiger partial charge in [-0.15, -0.1) is 0 Å². The molecular weight excluding hydrogens is 719 g/mol. The van der Waals surface area contributed by atoms with Gasteiger partial charge in [0.2, 0.25) is 0 Å². The Morgan fingerprint density at radius 3 is 2.33 bits per heavy atom. The van der Waals surface area contributed by atoms with E-state index in [1.54, 1.807) is 24.3 Å². The molecule has 0 aromatic heterocycles. The molecule has 0 radical (unpaired) electrons. The van der Waals surface area contributed by atoms with Gasteiger partial charge in [0.1, 0.15) is 0 Å². The highest BCUT2D eigenvalue weighted by Crippen LogP contribution is 2.33. The highest BCUT2D eigenvalue weighted by molar-refractivity contribution is 9.11. The number of ether oxygens (including phenoxy) is 1. The molecule has 0 atom stereocenters. The Kier molecular flexibility index (Phi) is 10.1. The van der Waals surface area contributed by atoms with Crippen molar-refractivity contribution < 1.29 is 24.0 Å². The van der Waals surface area contributed by atoms with Crippen molar-refractivity contribution in [2.45, 2.75) is 0 Å². The molecule has 42 heavy (non-hydrogen) atoms. The average Bonchev–Trinajstić information content (AvgIpc) is 2.94. The molecule has 0 heterocycles. The second kappa shape index (κ2) is 13.7. The lowest BCUT2D eigenvalue weighted by Gasteiger charge is -2.11. The molecule has 4 aromatic carbocycles. The van der Waals surface area contributed by atoms with Crippen molar-refractivity contribution in [1.82, 2.24) is 5.43 Å². The number of carbonyl (C=O) groups is 3. The number of non-ortho nitro benzene ring substituents is 1. The molecule has 0 bridgehead atoms. The van der Waals surface area contributed by atoms with Crippen molar-refractivity contribution in [2.24, 2.45) is 5.10 Å². The third-order valence-corrected chi connectivity index (χ3v) is 7.07. The van der Waals surface area contributed by atoms with Crippen LogP contribution in [0.5, 0.6) is 5.75 Å². The Labute approximate surface area is 265 Å². The van der Waals surface area contributed by atoms with Crippen LogP contribution in [0.3, 0.4) is 0 Å². The van der Waals surface area contributed by atoms with Crippen LogP contribution >= 0.6 is 55.1 Å². The van der Waals surface area contributed by atoms with E-state index in [1.165, 1.54) is 60.8 Å². The number of hydrogen-bond acceptors (Lipinski definition) is 7. The highest BCUT2D eigenvalue weighted by Gasteiger charge is 2.18. The number of halogens is 4. The number of esters is 1. The summed E-state index contributed by atoms with van der Waals surface area (Å²) in [5, 5.41) is 17.9. The van der Waals surface area contributed by atoms with Crippen LogP contribution < -0.4 is 15.5 Å². The standard InChI is InChI=1S/C28H16Br2Cl2N4O6/c29-18-10-17(25(23(30)12-18)42-28(39)22-9-6-19(31)13-24(22)32)14-33-35-27(38)16-2-1-3-20(11-16)34-26(37)15-4-7-21(8-5-15)36(40)41/h1-14H,(H,34,37)(H,35,38). The van der Waals surface area contributed by atoms with Crippen LogP contribution in [-0.4, -0.2) is 28.9 Å². The van der Waals surface area contributed by atoms with Gasteiger partial charge >= 0.3 is 5.97 Å². The number of nitrogens with one attached hydrogen (secondary N) is 2. The second-order valence-corrected chi connectivity index (χ2v) is 11.0. The second-order valence-electron chi connectivity index (χ2n) is 8.36. The number of nitro groups is 1. The highest BCUT2D eigenvalue weighted by atomic mass is 79.9. The molecule has 10 nitrogen and oxygen atoms in total. The Hall–Kier alpha value is -4.10. The van der Waals surface area contributed by atoms with Crippen LogP contribution in [0, 0.1) is 10.1 Å². The maximum atomic E-state index is 12.8. The van der Waals surface area contributed by atoms with E-state index in [9.17, 15) is 24.5 Å². The summed E-state index contributed by atoms with van der Waals surface area (Å²) in [6.07, 6.45) is 1.29. The molecular formula is C28H16Br2Cl2N4O6. The lowest BCUT2D eigenvalue weighted by Crippen LogP contribution is -2.18. The van der Waals surface area contributed by atoms with E-state index in [-0.39, 0.29) is 33.1 Å². The van der Waals surface area contributed by atoms with Crippen LogP contribution in [0.15, 0.2) is 92.9 Å². The van der Waals surface area contributed by atoms with E-state index in [4.69, 9.17) is 27.9 Å². The van der Waals surface area contributed by atoms with Crippen molar-refractivity contribution in [2.75, 3.05) is 5.32 Å². The van der Waals surface area contributed by atoms with Crippen molar-refractivity contribution in [1.29, 1.82) is 0 Å². The topological polar surface area (TPSA) is 140 Å². The summed E-state index contributed by atoms with van der Waals surface area (Å²) >= 11 is 18.8. The molecule has 14 heteroatoms. The molecule has 0 saturated carbocycles.